The Bertz CT molecular complexity index is 1000. The van der Waals surface area contributed by atoms with Crippen molar-refractivity contribution in [3.8, 4) is 0 Å². The molecular formula is C21H25N3O5S. The quantitative estimate of drug-likeness (QED) is 0.653. The number of aryl methyl sites for hydroxylation is 1. The first kappa shape index (κ1) is 21.9. The summed E-state index contributed by atoms with van der Waals surface area (Å²) in [5.41, 5.74) is 7.33. The fourth-order valence-corrected chi connectivity index (χ4v) is 4.63. The average molecular weight is 432 g/mol. The van der Waals surface area contributed by atoms with Gasteiger partial charge < -0.3 is 15.8 Å². The summed E-state index contributed by atoms with van der Waals surface area (Å²) >= 11 is 0. The van der Waals surface area contributed by atoms with Gasteiger partial charge in [-0.25, -0.2) is 8.42 Å². The maximum absolute atomic E-state index is 12.6. The maximum Gasteiger partial charge on any atom is 0.243 e. The third-order valence-corrected chi connectivity index (χ3v) is 6.74. The second-order valence-electron chi connectivity index (χ2n) is 7.01. The number of ether oxygens (including phenoxy) is 1. The number of rotatable bonds is 8. The van der Waals surface area contributed by atoms with E-state index in [0.717, 1.165) is 5.56 Å². The lowest BCUT2D eigenvalue weighted by molar-refractivity contribution is -0.118. The highest BCUT2D eigenvalue weighted by Crippen LogP contribution is 2.19. The molecule has 9 heteroatoms. The van der Waals surface area contributed by atoms with Crippen molar-refractivity contribution in [2.24, 2.45) is 5.73 Å². The number of nitrogens with zero attached hydrogens (tertiary/aromatic N) is 1. The average Bonchev–Trinajstić information content (AvgIpc) is 2.74. The first-order valence-electron chi connectivity index (χ1n) is 9.69. The zero-order valence-electron chi connectivity index (χ0n) is 16.5. The lowest BCUT2D eigenvalue weighted by Crippen LogP contribution is -2.40. The van der Waals surface area contributed by atoms with Crippen molar-refractivity contribution in [1.82, 2.24) is 4.31 Å². The Morgan fingerprint density at radius 2 is 1.70 bits per heavy atom. The van der Waals surface area contributed by atoms with Gasteiger partial charge in [-0.2, -0.15) is 4.31 Å². The number of nitrogens with one attached hydrogen (secondary N) is 1. The van der Waals surface area contributed by atoms with Crippen LogP contribution in [0.25, 0.3) is 0 Å². The summed E-state index contributed by atoms with van der Waals surface area (Å²) in [6.07, 6.45) is 0.734. The number of amides is 2. The van der Waals surface area contributed by atoms with Crippen LogP contribution in [0, 0.1) is 0 Å². The molecule has 0 aromatic heterocycles. The smallest absolute Gasteiger partial charge is 0.243 e. The van der Waals surface area contributed by atoms with E-state index in [2.05, 4.69) is 5.32 Å². The second-order valence-corrected chi connectivity index (χ2v) is 8.95. The number of benzene rings is 2. The largest absolute Gasteiger partial charge is 0.379 e. The molecule has 0 bridgehead atoms. The number of primary amides is 1. The summed E-state index contributed by atoms with van der Waals surface area (Å²) in [5.74, 6) is -0.666. The zero-order chi connectivity index (χ0) is 21.6. The van der Waals surface area contributed by atoms with Gasteiger partial charge in [0.15, 0.2) is 0 Å². The van der Waals surface area contributed by atoms with Crippen LogP contribution in [0.1, 0.15) is 17.5 Å². The van der Waals surface area contributed by atoms with Gasteiger partial charge in [-0.05, 0) is 35.7 Å². The molecule has 2 aromatic rings. The van der Waals surface area contributed by atoms with E-state index in [1.807, 2.05) is 0 Å². The standard InChI is InChI=1S/C21H25N3O5S/c22-20(25)15-17-3-1-2-4-19(17)23-21(26)10-7-16-5-8-18(9-6-16)30(27,28)24-11-13-29-14-12-24/h1-6,8-9H,7,10-15H2,(H2,22,25)(H,23,26). The van der Waals surface area contributed by atoms with Crippen molar-refractivity contribution in [1.29, 1.82) is 0 Å². The van der Waals surface area contributed by atoms with E-state index in [-0.39, 0.29) is 23.6 Å². The number of hydrogen-bond donors (Lipinski definition) is 2. The second kappa shape index (κ2) is 9.84. The molecule has 30 heavy (non-hydrogen) atoms. The van der Waals surface area contributed by atoms with Crippen molar-refractivity contribution >= 4 is 27.5 Å². The highest BCUT2D eigenvalue weighted by Gasteiger charge is 2.26. The molecule has 0 unspecified atom stereocenters. The number of carbonyl (C=O) groups is 2. The minimum atomic E-state index is -3.53. The van der Waals surface area contributed by atoms with E-state index in [0.29, 0.717) is 44.0 Å². The molecule has 1 aliphatic rings. The Labute approximate surface area is 176 Å². The molecule has 1 fully saturated rings. The van der Waals surface area contributed by atoms with Crippen LogP contribution in [0.3, 0.4) is 0 Å². The van der Waals surface area contributed by atoms with Gasteiger partial charge in [0.25, 0.3) is 0 Å². The Balaban J connectivity index is 1.58. The summed E-state index contributed by atoms with van der Waals surface area (Å²) < 4.78 is 31.9. The molecular weight excluding hydrogens is 406 g/mol. The summed E-state index contributed by atoms with van der Waals surface area (Å²) in [6, 6.07) is 13.6. The normalized spacial score (nSPS) is 14.9. The van der Waals surface area contributed by atoms with Gasteiger partial charge in [0, 0.05) is 25.2 Å². The van der Waals surface area contributed by atoms with E-state index in [4.69, 9.17) is 10.5 Å². The summed E-state index contributed by atoms with van der Waals surface area (Å²) in [4.78, 5) is 23.7. The van der Waals surface area contributed by atoms with Crippen molar-refractivity contribution in [2.75, 3.05) is 31.6 Å². The number of nitrogens with two attached hydrogens (primary N) is 1. The first-order valence-corrected chi connectivity index (χ1v) is 11.1. The maximum atomic E-state index is 12.6. The lowest BCUT2D eigenvalue weighted by Gasteiger charge is -2.26. The molecule has 0 aliphatic carbocycles. The molecule has 3 rings (SSSR count). The van der Waals surface area contributed by atoms with Gasteiger partial charge in [0.1, 0.15) is 0 Å². The predicted molar refractivity (Wildman–Crippen MR) is 112 cm³/mol. The number of carbonyl (C=O) groups excluding carboxylic acids is 2. The van der Waals surface area contributed by atoms with Crippen LogP contribution in [-0.2, 0) is 37.2 Å². The Morgan fingerprint density at radius 3 is 2.37 bits per heavy atom. The van der Waals surface area contributed by atoms with E-state index in [9.17, 15) is 18.0 Å². The van der Waals surface area contributed by atoms with Crippen LogP contribution in [0.2, 0.25) is 0 Å². The van der Waals surface area contributed by atoms with Crippen molar-refractivity contribution in [3.63, 3.8) is 0 Å². The summed E-state index contributed by atoms with van der Waals surface area (Å²) in [6.45, 7) is 1.49. The Kier molecular flexibility index (Phi) is 7.20. The number of para-hydroxylation sites is 1. The van der Waals surface area contributed by atoms with E-state index >= 15 is 0 Å². The van der Waals surface area contributed by atoms with Gasteiger partial charge in [0.2, 0.25) is 21.8 Å². The first-order chi connectivity index (χ1) is 14.4. The molecule has 0 radical (unpaired) electrons. The Morgan fingerprint density at radius 1 is 1.03 bits per heavy atom. The SMILES string of the molecule is NC(=O)Cc1ccccc1NC(=O)CCc1ccc(S(=O)(=O)N2CCOCC2)cc1. The van der Waals surface area contributed by atoms with Gasteiger partial charge in [0.05, 0.1) is 24.5 Å². The molecule has 160 valence electrons. The molecule has 0 saturated carbocycles. The van der Waals surface area contributed by atoms with Crippen LogP contribution in [0.5, 0.6) is 0 Å². The lowest BCUT2D eigenvalue weighted by atomic mass is 10.1. The van der Waals surface area contributed by atoms with E-state index in [1.165, 1.54) is 4.31 Å². The van der Waals surface area contributed by atoms with Crippen molar-refractivity contribution in [3.05, 3.63) is 59.7 Å². The predicted octanol–water partition coefficient (Wildman–Crippen LogP) is 1.31. The molecule has 0 atom stereocenters. The third-order valence-electron chi connectivity index (χ3n) is 4.83. The van der Waals surface area contributed by atoms with Gasteiger partial charge in [-0.3, -0.25) is 9.59 Å². The molecule has 1 saturated heterocycles. The minimum Gasteiger partial charge on any atom is -0.379 e. The monoisotopic (exact) mass is 431 g/mol. The molecule has 1 aliphatic heterocycles. The summed E-state index contributed by atoms with van der Waals surface area (Å²) in [7, 11) is -3.53. The Hall–Kier alpha value is -2.75. The van der Waals surface area contributed by atoms with Crippen molar-refractivity contribution < 1.29 is 22.7 Å². The fourth-order valence-electron chi connectivity index (χ4n) is 3.22. The molecule has 3 N–H and O–H groups in total. The van der Waals surface area contributed by atoms with Crippen LogP contribution >= 0.6 is 0 Å². The number of morpholine rings is 1. The molecule has 0 spiro atoms. The zero-order valence-corrected chi connectivity index (χ0v) is 17.4. The highest BCUT2D eigenvalue weighted by molar-refractivity contribution is 7.89. The van der Waals surface area contributed by atoms with E-state index < -0.39 is 15.9 Å². The molecule has 2 aromatic carbocycles. The third kappa shape index (κ3) is 5.65. The topological polar surface area (TPSA) is 119 Å². The van der Waals surface area contributed by atoms with Crippen molar-refractivity contribution in [2.45, 2.75) is 24.2 Å². The van der Waals surface area contributed by atoms with Crippen LogP contribution in [0.15, 0.2) is 53.4 Å². The fraction of sp³-hybridized carbons (Fsp3) is 0.333. The van der Waals surface area contributed by atoms with Crippen LogP contribution in [0.4, 0.5) is 5.69 Å². The number of anilines is 1. The highest BCUT2D eigenvalue weighted by atomic mass is 32.2. The molecule has 8 nitrogen and oxygen atoms in total. The van der Waals surface area contributed by atoms with E-state index in [1.54, 1.807) is 48.5 Å². The number of sulfonamides is 1. The van der Waals surface area contributed by atoms with Gasteiger partial charge in [-0.15, -0.1) is 0 Å². The van der Waals surface area contributed by atoms with Crippen LogP contribution < -0.4 is 11.1 Å². The molecule has 2 amide bonds. The van der Waals surface area contributed by atoms with Gasteiger partial charge >= 0.3 is 0 Å². The number of hydrogen-bond acceptors (Lipinski definition) is 5. The van der Waals surface area contributed by atoms with Crippen LogP contribution in [-0.4, -0.2) is 50.8 Å². The summed E-state index contributed by atoms with van der Waals surface area (Å²) in [5, 5.41) is 2.80. The minimum absolute atomic E-state index is 0.0511. The molecule has 1 heterocycles. The van der Waals surface area contributed by atoms with Gasteiger partial charge in [-0.1, -0.05) is 30.3 Å².